The number of aryl methyl sites for hydroxylation is 1. The Morgan fingerprint density at radius 3 is 2.44 bits per heavy atom. The van der Waals surface area contributed by atoms with Crippen LogP contribution in [0, 0.1) is 13.8 Å². The van der Waals surface area contributed by atoms with Crippen LogP contribution in [-0.2, 0) is 0 Å². The molecular formula is C20H26N4O. The van der Waals surface area contributed by atoms with E-state index < -0.39 is 0 Å². The Labute approximate surface area is 149 Å². The van der Waals surface area contributed by atoms with Crippen molar-refractivity contribution in [2.75, 3.05) is 50.1 Å². The quantitative estimate of drug-likeness (QED) is 0.863. The van der Waals surface area contributed by atoms with Crippen LogP contribution in [-0.4, -0.2) is 56.1 Å². The van der Waals surface area contributed by atoms with Gasteiger partial charge in [-0.2, -0.15) is 0 Å². The summed E-state index contributed by atoms with van der Waals surface area (Å²) in [4.78, 5) is 23.5. The third-order valence-electron chi connectivity index (χ3n) is 4.92. The first-order chi connectivity index (χ1) is 12.0. The molecule has 0 atom stereocenters. The van der Waals surface area contributed by atoms with Crippen molar-refractivity contribution < 1.29 is 4.79 Å². The van der Waals surface area contributed by atoms with Gasteiger partial charge in [0.2, 0.25) is 0 Å². The first-order valence-electron chi connectivity index (χ1n) is 8.72. The lowest BCUT2D eigenvalue weighted by atomic mass is 10.1. The standard InChI is InChI=1S/C20H26N4O/c1-15-7-5-9-18(16(15)2)23-11-13-24(14-12-23)20(25)17-8-6-10-21-19(17)22(3)4/h5-10H,11-14H2,1-4H3. The molecule has 2 aromatic rings. The molecule has 1 aliphatic heterocycles. The van der Waals surface area contributed by atoms with E-state index in [0.29, 0.717) is 5.56 Å². The van der Waals surface area contributed by atoms with Crippen LogP contribution in [0.5, 0.6) is 0 Å². The number of piperazine rings is 1. The summed E-state index contributed by atoms with van der Waals surface area (Å²) in [6, 6.07) is 10.1. The lowest BCUT2D eigenvalue weighted by Gasteiger charge is -2.37. The second-order valence-electron chi connectivity index (χ2n) is 6.77. The van der Waals surface area contributed by atoms with Gasteiger partial charge in [-0.25, -0.2) is 4.98 Å². The minimum atomic E-state index is 0.0671. The zero-order valence-corrected chi connectivity index (χ0v) is 15.5. The topological polar surface area (TPSA) is 39.7 Å². The zero-order chi connectivity index (χ0) is 18.0. The Morgan fingerprint density at radius 2 is 1.76 bits per heavy atom. The molecule has 3 rings (SSSR count). The van der Waals surface area contributed by atoms with E-state index >= 15 is 0 Å². The maximum absolute atomic E-state index is 12.9. The number of hydrogen-bond donors (Lipinski definition) is 0. The molecule has 5 heteroatoms. The molecule has 0 unspecified atom stereocenters. The molecule has 0 aliphatic carbocycles. The van der Waals surface area contributed by atoms with Crippen LogP contribution in [0.15, 0.2) is 36.5 Å². The number of carbonyl (C=O) groups excluding carboxylic acids is 1. The van der Waals surface area contributed by atoms with Crippen LogP contribution in [0.4, 0.5) is 11.5 Å². The highest BCUT2D eigenvalue weighted by molar-refractivity contribution is 5.99. The molecule has 0 saturated carbocycles. The van der Waals surface area contributed by atoms with Gasteiger partial charge in [-0.05, 0) is 43.2 Å². The Bertz CT molecular complexity index is 764. The fourth-order valence-corrected chi connectivity index (χ4v) is 3.32. The van der Waals surface area contributed by atoms with E-state index in [1.165, 1.54) is 16.8 Å². The van der Waals surface area contributed by atoms with E-state index in [4.69, 9.17) is 0 Å². The molecule has 0 N–H and O–H groups in total. The van der Waals surface area contributed by atoms with E-state index in [1.807, 2.05) is 36.0 Å². The molecule has 1 saturated heterocycles. The normalized spacial score (nSPS) is 14.6. The summed E-state index contributed by atoms with van der Waals surface area (Å²) in [5.74, 6) is 0.793. The maximum Gasteiger partial charge on any atom is 0.257 e. The van der Waals surface area contributed by atoms with E-state index in [9.17, 15) is 4.79 Å². The molecule has 1 amide bonds. The average molecular weight is 338 g/mol. The van der Waals surface area contributed by atoms with Crippen molar-refractivity contribution in [3.63, 3.8) is 0 Å². The van der Waals surface area contributed by atoms with Crippen LogP contribution >= 0.6 is 0 Å². The van der Waals surface area contributed by atoms with Gasteiger partial charge in [0.05, 0.1) is 5.56 Å². The summed E-state index contributed by atoms with van der Waals surface area (Å²) >= 11 is 0. The Hall–Kier alpha value is -2.56. The SMILES string of the molecule is Cc1cccc(N2CCN(C(=O)c3cccnc3N(C)C)CC2)c1C. The smallest absolute Gasteiger partial charge is 0.257 e. The molecule has 0 spiro atoms. The molecule has 25 heavy (non-hydrogen) atoms. The fourth-order valence-electron chi connectivity index (χ4n) is 3.32. The second kappa shape index (κ2) is 7.13. The molecule has 0 radical (unpaired) electrons. The Kier molecular flexibility index (Phi) is 4.93. The summed E-state index contributed by atoms with van der Waals surface area (Å²) in [6.07, 6.45) is 1.73. The zero-order valence-electron chi connectivity index (χ0n) is 15.5. The largest absolute Gasteiger partial charge is 0.368 e. The number of anilines is 2. The number of nitrogens with zero attached hydrogens (tertiary/aromatic N) is 4. The fraction of sp³-hybridized carbons (Fsp3) is 0.400. The van der Waals surface area contributed by atoms with Crippen molar-refractivity contribution in [2.45, 2.75) is 13.8 Å². The summed E-state index contributed by atoms with van der Waals surface area (Å²) in [5, 5.41) is 0. The number of benzene rings is 1. The van der Waals surface area contributed by atoms with Crippen molar-refractivity contribution in [2.24, 2.45) is 0 Å². The van der Waals surface area contributed by atoms with Crippen molar-refractivity contribution in [3.05, 3.63) is 53.2 Å². The van der Waals surface area contributed by atoms with E-state index in [2.05, 4.69) is 41.9 Å². The minimum absolute atomic E-state index is 0.0671. The van der Waals surface area contributed by atoms with Crippen molar-refractivity contribution >= 4 is 17.4 Å². The molecule has 1 aliphatic rings. The highest BCUT2D eigenvalue weighted by Crippen LogP contribution is 2.25. The van der Waals surface area contributed by atoms with Crippen molar-refractivity contribution in [3.8, 4) is 0 Å². The van der Waals surface area contributed by atoms with E-state index in [1.54, 1.807) is 6.20 Å². The van der Waals surface area contributed by atoms with Gasteiger partial charge in [-0.15, -0.1) is 0 Å². The molecule has 5 nitrogen and oxygen atoms in total. The van der Waals surface area contributed by atoms with Crippen LogP contribution in [0.1, 0.15) is 21.5 Å². The summed E-state index contributed by atoms with van der Waals surface area (Å²) < 4.78 is 0. The van der Waals surface area contributed by atoms with Gasteiger partial charge >= 0.3 is 0 Å². The third kappa shape index (κ3) is 3.45. The van der Waals surface area contributed by atoms with Crippen molar-refractivity contribution in [1.29, 1.82) is 0 Å². The number of amides is 1. The Morgan fingerprint density at radius 1 is 1.04 bits per heavy atom. The predicted octanol–water partition coefficient (Wildman–Crippen LogP) is 2.73. The van der Waals surface area contributed by atoms with Gasteiger partial charge in [-0.3, -0.25) is 4.79 Å². The second-order valence-corrected chi connectivity index (χ2v) is 6.77. The first-order valence-corrected chi connectivity index (χ1v) is 8.72. The maximum atomic E-state index is 12.9. The highest BCUT2D eigenvalue weighted by Gasteiger charge is 2.25. The van der Waals surface area contributed by atoms with Gasteiger partial charge in [0.25, 0.3) is 5.91 Å². The third-order valence-corrected chi connectivity index (χ3v) is 4.92. The number of pyridine rings is 1. The molecule has 132 valence electrons. The van der Waals surface area contributed by atoms with E-state index in [-0.39, 0.29) is 5.91 Å². The number of hydrogen-bond acceptors (Lipinski definition) is 4. The predicted molar refractivity (Wildman–Crippen MR) is 103 cm³/mol. The molecular weight excluding hydrogens is 312 g/mol. The van der Waals surface area contributed by atoms with Gasteiger partial charge in [0.1, 0.15) is 5.82 Å². The monoisotopic (exact) mass is 338 g/mol. The molecule has 2 heterocycles. The van der Waals surface area contributed by atoms with Crippen LogP contribution < -0.4 is 9.80 Å². The summed E-state index contributed by atoms with van der Waals surface area (Å²) in [5.41, 5.74) is 4.58. The number of aromatic nitrogens is 1. The van der Waals surface area contributed by atoms with Crippen LogP contribution in [0.3, 0.4) is 0 Å². The van der Waals surface area contributed by atoms with Gasteiger partial charge in [-0.1, -0.05) is 12.1 Å². The Balaban J connectivity index is 1.72. The first kappa shape index (κ1) is 17.3. The minimum Gasteiger partial charge on any atom is -0.368 e. The number of rotatable bonds is 3. The van der Waals surface area contributed by atoms with Crippen LogP contribution in [0.2, 0.25) is 0 Å². The highest BCUT2D eigenvalue weighted by atomic mass is 16.2. The average Bonchev–Trinajstić information content (AvgIpc) is 2.63. The van der Waals surface area contributed by atoms with Crippen LogP contribution in [0.25, 0.3) is 0 Å². The van der Waals surface area contributed by atoms with Gasteiger partial charge < -0.3 is 14.7 Å². The lowest BCUT2D eigenvalue weighted by Crippen LogP contribution is -2.49. The molecule has 1 fully saturated rings. The summed E-state index contributed by atoms with van der Waals surface area (Å²) in [6.45, 7) is 7.48. The molecule has 1 aromatic heterocycles. The molecule has 1 aromatic carbocycles. The number of carbonyl (C=O) groups is 1. The van der Waals surface area contributed by atoms with Gasteiger partial charge in [0.15, 0.2) is 0 Å². The summed E-state index contributed by atoms with van der Waals surface area (Å²) in [7, 11) is 3.83. The lowest BCUT2D eigenvalue weighted by molar-refractivity contribution is 0.0747. The van der Waals surface area contributed by atoms with Crippen molar-refractivity contribution in [1.82, 2.24) is 9.88 Å². The molecule has 0 bridgehead atoms. The van der Waals surface area contributed by atoms with Gasteiger partial charge in [0, 0.05) is 52.2 Å². The van der Waals surface area contributed by atoms with E-state index in [0.717, 1.165) is 32.0 Å².